The van der Waals surface area contributed by atoms with Crippen molar-refractivity contribution in [1.82, 2.24) is 4.31 Å². The topological polar surface area (TPSA) is 37.1 Å². The van der Waals surface area contributed by atoms with Crippen LogP contribution >= 0.6 is 0 Å². The molecule has 3 nitrogen and oxygen atoms in total. The zero-order valence-electron chi connectivity index (χ0n) is 15.9. The molecule has 1 aliphatic heterocycles. The molecule has 1 fully saturated rings. The fraction of sp³-hybridized carbons (Fsp3) is 0.400. The second-order valence-electron chi connectivity index (χ2n) is 8.23. The van der Waals surface area contributed by atoms with E-state index < -0.39 is 18.1 Å². The quantitative estimate of drug-likeness (QED) is 0.580. The molecule has 0 radical (unpaired) electrons. The van der Waals surface area contributed by atoms with Crippen molar-refractivity contribution in [2.45, 2.75) is 57.0 Å². The number of rotatable bonds is 4. The molecule has 2 aromatic carbocycles. The van der Waals surface area contributed by atoms with Crippen LogP contribution in [0.3, 0.4) is 0 Å². The summed E-state index contributed by atoms with van der Waals surface area (Å²) < 4.78 is 28.8. The Morgan fingerprint density at radius 2 is 1.44 bits per heavy atom. The third kappa shape index (κ3) is 3.21. The van der Waals surface area contributed by atoms with Crippen molar-refractivity contribution >= 4 is 18.1 Å². The van der Waals surface area contributed by atoms with E-state index in [1.807, 2.05) is 63.2 Å². The Labute approximate surface area is 152 Å². The van der Waals surface area contributed by atoms with Crippen molar-refractivity contribution in [2.24, 2.45) is 0 Å². The van der Waals surface area contributed by atoms with Crippen LogP contribution in [0.25, 0.3) is 0 Å². The molecule has 0 N–H and O–H groups in total. The Balaban J connectivity index is 2.11. The second kappa shape index (κ2) is 6.08. The maximum Gasteiger partial charge on any atom is 0.244 e. The Hall–Kier alpha value is -1.43. The van der Waals surface area contributed by atoms with Crippen LogP contribution in [0, 0.1) is 20.8 Å². The van der Waals surface area contributed by atoms with E-state index in [0.29, 0.717) is 4.90 Å². The number of nitrogens with zero attached hydrogens (tertiary/aromatic N) is 1. The van der Waals surface area contributed by atoms with Gasteiger partial charge < -0.3 is 0 Å². The first-order valence-corrected chi connectivity index (χ1v) is 13.7. The van der Waals surface area contributed by atoms with Crippen molar-refractivity contribution in [3.63, 3.8) is 0 Å². The standard InChI is InChI=1S/C20H27NO2SSi/c1-14-12-15(2)19(16(3)13-14)24(22,23)21-18(20(21)25(4,5)6)17-10-8-7-9-11-17/h7-13,18,20H,1-6H3/t18-,20+,21?/m1/s1. The van der Waals surface area contributed by atoms with Gasteiger partial charge in [0.1, 0.15) is 0 Å². The maximum atomic E-state index is 13.5. The molecule has 1 aliphatic rings. The van der Waals surface area contributed by atoms with Gasteiger partial charge in [-0.25, -0.2) is 8.42 Å². The van der Waals surface area contributed by atoms with Crippen molar-refractivity contribution in [3.8, 4) is 0 Å². The van der Waals surface area contributed by atoms with Crippen LogP contribution in [0.1, 0.15) is 28.3 Å². The van der Waals surface area contributed by atoms with E-state index in [-0.39, 0.29) is 11.7 Å². The molecule has 0 aliphatic carbocycles. The van der Waals surface area contributed by atoms with Crippen molar-refractivity contribution in [2.75, 3.05) is 0 Å². The molecule has 3 rings (SSSR count). The molecule has 25 heavy (non-hydrogen) atoms. The largest absolute Gasteiger partial charge is 0.244 e. The van der Waals surface area contributed by atoms with Crippen LogP contribution in [-0.2, 0) is 10.0 Å². The van der Waals surface area contributed by atoms with Crippen LogP contribution in [0.5, 0.6) is 0 Å². The van der Waals surface area contributed by atoms with Gasteiger partial charge in [0.05, 0.1) is 19.0 Å². The minimum atomic E-state index is -3.51. The average molecular weight is 374 g/mol. The Morgan fingerprint density at radius 3 is 1.92 bits per heavy atom. The number of sulfonamides is 1. The number of aryl methyl sites for hydroxylation is 3. The fourth-order valence-corrected chi connectivity index (χ4v) is 9.67. The average Bonchev–Trinajstić information content (AvgIpc) is 3.23. The van der Waals surface area contributed by atoms with Gasteiger partial charge in [-0.3, -0.25) is 0 Å². The highest BCUT2D eigenvalue weighted by Gasteiger charge is 2.61. The van der Waals surface area contributed by atoms with Gasteiger partial charge >= 0.3 is 0 Å². The monoisotopic (exact) mass is 373 g/mol. The second-order valence-corrected chi connectivity index (χ2v) is 15.3. The minimum absolute atomic E-state index is 0.0297. The van der Waals surface area contributed by atoms with Crippen LogP contribution < -0.4 is 0 Å². The number of hydrogen-bond donors (Lipinski definition) is 0. The first kappa shape index (κ1) is 18.4. The van der Waals surface area contributed by atoms with Gasteiger partial charge in [0, 0.05) is 5.67 Å². The molecule has 0 spiro atoms. The summed E-state index contributed by atoms with van der Waals surface area (Å²) in [6.07, 6.45) is 0. The molecule has 134 valence electrons. The summed E-state index contributed by atoms with van der Waals surface area (Å²) in [6, 6.07) is 13.9. The van der Waals surface area contributed by atoms with Gasteiger partial charge in [0.25, 0.3) is 0 Å². The third-order valence-corrected chi connectivity index (χ3v) is 9.65. The van der Waals surface area contributed by atoms with Gasteiger partial charge in [-0.1, -0.05) is 67.7 Å². The SMILES string of the molecule is Cc1cc(C)c(S(=O)(=O)N2[C@H](c3ccccc3)[C@@H]2[Si](C)(C)C)c(C)c1. The summed E-state index contributed by atoms with van der Waals surface area (Å²) in [7, 11) is -5.18. The van der Waals surface area contributed by atoms with Crippen LogP contribution in [0.2, 0.25) is 19.6 Å². The van der Waals surface area contributed by atoms with Crippen molar-refractivity contribution < 1.29 is 8.42 Å². The molecule has 2 aromatic rings. The normalized spacial score (nSPS) is 23.5. The maximum absolute atomic E-state index is 13.5. The molecule has 5 heteroatoms. The Morgan fingerprint density at radius 1 is 0.920 bits per heavy atom. The molecule has 3 atom stereocenters. The van der Waals surface area contributed by atoms with E-state index in [9.17, 15) is 8.42 Å². The van der Waals surface area contributed by atoms with Crippen molar-refractivity contribution in [1.29, 1.82) is 0 Å². The van der Waals surface area contributed by atoms with E-state index in [1.165, 1.54) is 0 Å². The summed E-state index contributed by atoms with van der Waals surface area (Å²) >= 11 is 0. The summed E-state index contributed by atoms with van der Waals surface area (Å²) in [5.41, 5.74) is 3.98. The lowest BCUT2D eigenvalue weighted by Crippen LogP contribution is -2.33. The Bertz CT molecular complexity index is 878. The molecule has 0 aromatic heterocycles. The van der Waals surface area contributed by atoms with Gasteiger partial charge in [-0.2, -0.15) is 4.31 Å². The van der Waals surface area contributed by atoms with Gasteiger partial charge in [-0.15, -0.1) is 0 Å². The van der Waals surface area contributed by atoms with E-state index >= 15 is 0 Å². The summed E-state index contributed by atoms with van der Waals surface area (Å²) in [5.74, 6) is 0. The third-order valence-electron chi connectivity index (χ3n) is 4.93. The predicted molar refractivity (Wildman–Crippen MR) is 106 cm³/mol. The van der Waals surface area contributed by atoms with E-state index in [4.69, 9.17) is 0 Å². The lowest BCUT2D eigenvalue weighted by atomic mass is 10.1. The fourth-order valence-electron chi connectivity index (χ4n) is 4.02. The Kier molecular flexibility index (Phi) is 4.46. The van der Waals surface area contributed by atoms with Crippen molar-refractivity contribution in [3.05, 3.63) is 64.7 Å². The van der Waals surface area contributed by atoms with Gasteiger partial charge in [0.15, 0.2) is 0 Å². The highest BCUT2D eigenvalue weighted by molar-refractivity contribution is 7.89. The minimum Gasteiger partial charge on any atom is -0.207 e. The number of benzene rings is 2. The lowest BCUT2D eigenvalue weighted by molar-refractivity contribution is 0.550. The van der Waals surface area contributed by atoms with E-state index in [2.05, 4.69) is 19.6 Å². The molecule has 0 bridgehead atoms. The molecule has 0 saturated carbocycles. The van der Waals surface area contributed by atoms with E-state index in [1.54, 1.807) is 4.31 Å². The van der Waals surface area contributed by atoms with Crippen LogP contribution in [0.4, 0.5) is 0 Å². The summed E-state index contributed by atoms with van der Waals surface area (Å²) in [4.78, 5) is 0.486. The van der Waals surface area contributed by atoms with Crippen LogP contribution in [0.15, 0.2) is 47.4 Å². The van der Waals surface area contributed by atoms with Gasteiger partial charge in [-0.05, 0) is 37.5 Å². The molecular formula is C20H27NO2SSi. The molecule has 0 amide bonds. The first-order chi connectivity index (χ1) is 11.5. The molecule has 1 heterocycles. The lowest BCUT2D eigenvalue weighted by Gasteiger charge is -2.17. The highest BCUT2D eigenvalue weighted by Crippen LogP contribution is 2.52. The molecular weight excluding hydrogens is 346 g/mol. The summed E-state index contributed by atoms with van der Waals surface area (Å²) in [6.45, 7) is 12.5. The summed E-state index contributed by atoms with van der Waals surface area (Å²) in [5, 5.41) is 0. The number of hydrogen-bond acceptors (Lipinski definition) is 2. The zero-order chi connectivity index (χ0) is 18.6. The van der Waals surface area contributed by atoms with Gasteiger partial charge in [0.2, 0.25) is 10.0 Å². The van der Waals surface area contributed by atoms with Crippen LogP contribution in [-0.4, -0.2) is 26.5 Å². The molecule has 1 unspecified atom stereocenters. The zero-order valence-corrected chi connectivity index (χ0v) is 17.7. The highest BCUT2D eigenvalue weighted by atomic mass is 32.2. The predicted octanol–water partition coefficient (Wildman–Crippen LogP) is 4.60. The smallest absolute Gasteiger partial charge is 0.207 e. The van der Waals surface area contributed by atoms with E-state index in [0.717, 1.165) is 22.3 Å². The first-order valence-electron chi connectivity index (χ1n) is 8.71. The molecule has 1 saturated heterocycles.